The van der Waals surface area contributed by atoms with Crippen LogP contribution in [0.3, 0.4) is 0 Å². The fraction of sp³-hybridized carbons (Fsp3) is 0.455. The molecular formula is C22H24ClF2N7O. The van der Waals surface area contributed by atoms with Crippen molar-refractivity contribution in [2.24, 2.45) is 11.8 Å². The summed E-state index contributed by atoms with van der Waals surface area (Å²) in [5, 5.41) is 7.73. The summed E-state index contributed by atoms with van der Waals surface area (Å²) >= 11 is 5.84. The smallest absolute Gasteiger partial charge is 0.322 e. The molecule has 1 saturated heterocycles. The Morgan fingerprint density at radius 3 is 2.73 bits per heavy atom. The van der Waals surface area contributed by atoms with Crippen molar-refractivity contribution >= 4 is 23.4 Å². The summed E-state index contributed by atoms with van der Waals surface area (Å²) in [5.74, 6) is 1.28. The second kappa shape index (κ2) is 9.09. The lowest BCUT2D eigenvalue weighted by atomic mass is 9.92. The lowest BCUT2D eigenvalue weighted by molar-refractivity contribution is 0.352. The summed E-state index contributed by atoms with van der Waals surface area (Å²) in [6.45, 7) is 2.99. The fourth-order valence-corrected chi connectivity index (χ4v) is 4.92. The fourth-order valence-electron chi connectivity index (χ4n) is 4.76. The Morgan fingerprint density at radius 2 is 2.00 bits per heavy atom. The minimum Gasteiger partial charge on any atom is -0.421 e. The highest BCUT2D eigenvalue weighted by Gasteiger charge is 2.43. The normalized spacial score (nSPS) is 21.9. The summed E-state index contributed by atoms with van der Waals surface area (Å²) in [7, 11) is 0. The van der Waals surface area contributed by atoms with Gasteiger partial charge in [0.2, 0.25) is 5.95 Å². The first-order valence-corrected chi connectivity index (χ1v) is 11.3. The SMILES string of the molecule is Cc1cc(N2CC3CCC(C2)C3Nc2nc(Oc3cccc(Cl)c3F)n(CCF)n2)ncn1. The highest BCUT2D eigenvalue weighted by atomic mass is 35.5. The Kier molecular flexibility index (Phi) is 6.01. The molecule has 3 aromatic rings. The standard InChI is InChI=1S/C22H24ClF2N7O/c1-13-9-18(27-12-26-13)31-10-14-5-6-15(11-31)20(14)28-21-29-22(32(30-21)8-7-24)33-17-4-2-3-16(23)19(17)25/h2-4,9,12,14-15,20H,5-8,10-11H2,1H3,(H,28,30). The van der Waals surface area contributed by atoms with E-state index < -0.39 is 12.5 Å². The number of fused-ring (bicyclic) bond motifs is 2. The van der Waals surface area contributed by atoms with Gasteiger partial charge in [0.15, 0.2) is 11.6 Å². The number of halogens is 3. The molecule has 2 fully saturated rings. The highest BCUT2D eigenvalue weighted by molar-refractivity contribution is 6.30. The second-order valence-corrected chi connectivity index (χ2v) is 8.88. The zero-order valence-corrected chi connectivity index (χ0v) is 18.8. The van der Waals surface area contributed by atoms with Crippen LogP contribution in [0, 0.1) is 24.6 Å². The number of hydrogen-bond acceptors (Lipinski definition) is 7. The van der Waals surface area contributed by atoms with Crippen molar-refractivity contribution in [1.82, 2.24) is 24.7 Å². The van der Waals surface area contributed by atoms with Crippen LogP contribution >= 0.6 is 11.6 Å². The Bertz CT molecular complexity index is 1130. The van der Waals surface area contributed by atoms with Gasteiger partial charge in [0.05, 0.1) is 11.6 Å². The molecular weight excluding hydrogens is 452 g/mol. The van der Waals surface area contributed by atoms with E-state index >= 15 is 0 Å². The van der Waals surface area contributed by atoms with Crippen LogP contribution in [-0.2, 0) is 6.54 Å². The number of rotatable bonds is 7. The number of nitrogens with zero attached hydrogens (tertiary/aromatic N) is 6. The van der Waals surface area contributed by atoms with Gasteiger partial charge in [-0.15, -0.1) is 5.10 Å². The quantitative estimate of drug-likeness (QED) is 0.547. The largest absolute Gasteiger partial charge is 0.421 e. The molecule has 0 radical (unpaired) electrons. The zero-order valence-electron chi connectivity index (χ0n) is 18.1. The van der Waals surface area contributed by atoms with Gasteiger partial charge in [-0.25, -0.2) is 23.4 Å². The summed E-state index contributed by atoms with van der Waals surface area (Å²) in [6, 6.07) is 6.63. The van der Waals surface area contributed by atoms with Crippen molar-refractivity contribution in [2.75, 3.05) is 30.0 Å². The number of hydrogen-bond donors (Lipinski definition) is 1. The summed E-state index contributed by atoms with van der Waals surface area (Å²) < 4.78 is 34.3. The highest BCUT2D eigenvalue weighted by Crippen LogP contribution is 2.40. The number of alkyl halides is 1. The number of anilines is 2. The van der Waals surface area contributed by atoms with E-state index in [1.165, 1.54) is 16.8 Å². The third kappa shape index (κ3) is 4.44. The minimum absolute atomic E-state index is 0.0116. The summed E-state index contributed by atoms with van der Waals surface area (Å²) in [5.41, 5.74) is 0.943. The van der Waals surface area contributed by atoms with Crippen LogP contribution in [-0.4, -0.2) is 50.5 Å². The van der Waals surface area contributed by atoms with E-state index in [2.05, 4.69) is 30.3 Å². The van der Waals surface area contributed by atoms with E-state index in [0.29, 0.717) is 17.8 Å². The molecule has 174 valence electrons. The molecule has 1 aliphatic carbocycles. The molecule has 0 spiro atoms. The number of benzene rings is 1. The predicted octanol–water partition coefficient (Wildman–Crippen LogP) is 4.26. The minimum atomic E-state index is -0.700. The topological polar surface area (TPSA) is 81.0 Å². The molecule has 0 amide bonds. The molecule has 2 unspecified atom stereocenters. The first-order valence-electron chi connectivity index (χ1n) is 10.9. The monoisotopic (exact) mass is 475 g/mol. The van der Waals surface area contributed by atoms with Crippen LogP contribution in [0.25, 0.3) is 0 Å². The van der Waals surface area contributed by atoms with Gasteiger partial charge in [-0.05, 0) is 43.7 Å². The molecule has 1 aliphatic heterocycles. The van der Waals surface area contributed by atoms with Crippen molar-refractivity contribution < 1.29 is 13.5 Å². The Hall–Kier alpha value is -3.01. The van der Waals surface area contributed by atoms with E-state index in [9.17, 15) is 8.78 Å². The maximum Gasteiger partial charge on any atom is 0.322 e. The van der Waals surface area contributed by atoms with Crippen LogP contribution in [0.2, 0.25) is 5.02 Å². The molecule has 2 bridgehead atoms. The maximum atomic E-state index is 14.3. The van der Waals surface area contributed by atoms with Gasteiger partial charge >= 0.3 is 6.01 Å². The molecule has 33 heavy (non-hydrogen) atoms. The number of nitrogens with one attached hydrogen (secondary N) is 1. The molecule has 2 aromatic heterocycles. The van der Waals surface area contributed by atoms with Crippen LogP contribution in [0.4, 0.5) is 20.5 Å². The van der Waals surface area contributed by atoms with Crippen LogP contribution in [0.5, 0.6) is 11.8 Å². The molecule has 11 heteroatoms. The van der Waals surface area contributed by atoms with Gasteiger partial charge in [-0.2, -0.15) is 4.98 Å². The average molecular weight is 476 g/mol. The van der Waals surface area contributed by atoms with Crippen molar-refractivity contribution in [2.45, 2.75) is 32.4 Å². The van der Waals surface area contributed by atoms with Crippen LogP contribution < -0.4 is 15.0 Å². The molecule has 1 saturated carbocycles. The Morgan fingerprint density at radius 1 is 1.21 bits per heavy atom. The molecule has 2 atom stereocenters. The van der Waals surface area contributed by atoms with Gasteiger partial charge in [0, 0.05) is 30.9 Å². The molecule has 2 aliphatic rings. The van der Waals surface area contributed by atoms with Crippen LogP contribution in [0.15, 0.2) is 30.6 Å². The van der Waals surface area contributed by atoms with E-state index in [-0.39, 0.29) is 29.4 Å². The number of piperidine rings is 1. The maximum absolute atomic E-state index is 14.3. The average Bonchev–Trinajstić information content (AvgIpc) is 3.26. The zero-order chi connectivity index (χ0) is 22.9. The number of aromatic nitrogens is 5. The third-order valence-corrected chi connectivity index (χ3v) is 6.59. The molecule has 1 N–H and O–H groups in total. The predicted molar refractivity (Wildman–Crippen MR) is 120 cm³/mol. The summed E-state index contributed by atoms with van der Waals surface area (Å²) in [4.78, 5) is 15.3. The van der Waals surface area contributed by atoms with Crippen LogP contribution in [0.1, 0.15) is 18.5 Å². The molecule has 1 aromatic carbocycles. The van der Waals surface area contributed by atoms with Gasteiger partial charge in [0.25, 0.3) is 0 Å². The first-order chi connectivity index (χ1) is 16.0. The van der Waals surface area contributed by atoms with Gasteiger partial charge < -0.3 is 15.0 Å². The van der Waals surface area contributed by atoms with Gasteiger partial charge in [-0.3, -0.25) is 0 Å². The van der Waals surface area contributed by atoms with Crippen molar-refractivity contribution in [3.63, 3.8) is 0 Å². The number of ether oxygens (including phenoxy) is 1. The third-order valence-electron chi connectivity index (χ3n) is 6.29. The van der Waals surface area contributed by atoms with Gasteiger partial charge in [-0.1, -0.05) is 17.7 Å². The Labute approximate surface area is 195 Å². The lowest BCUT2D eigenvalue weighted by Gasteiger charge is -2.38. The summed E-state index contributed by atoms with van der Waals surface area (Å²) in [6.07, 6.45) is 3.78. The van der Waals surface area contributed by atoms with E-state index in [1.54, 1.807) is 12.4 Å². The van der Waals surface area contributed by atoms with E-state index in [1.807, 2.05) is 13.0 Å². The lowest BCUT2D eigenvalue weighted by Crippen LogP contribution is -2.48. The number of aryl methyl sites for hydroxylation is 2. The molecule has 5 rings (SSSR count). The van der Waals surface area contributed by atoms with Gasteiger partial charge in [0.1, 0.15) is 18.8 Å². The van der Waals surface area contributed by atoms with Crippen molar-refractivity contribution in [3.8, 4) is 11.8 Å². The van der Waals surface area contributed by atoms with Crippen molar-refractivity contribution in [3.05, 3.63) is 47.1 Å². The molecule has 3 heterocycles. The van der Waals surface area contributed by atoms with E-state index in [0.717, 1.165) is 37.4 Å². The van der Waals surface area contributed by atoms with E-state index in [4.69, 9.17) is 16.3 Å². The Balaban J connectivity index is 1.32. The second-order valence-electron chi connectivity index (χ2n) is 8.47. The molecule has 8 nitrogen and oxygen atoms in total. The first kappa shape index (κ1) is 21.8. The van der Waals surface area contributed by atoms with Crippen molar-refractivity contribution in [1.29, 1.82) is 0 Å².